The second kappa shape index (κ2) is 4.04. The zero-order valence-electron chi connectivity index (χ0n) is 9.93. The lowest BCUT2D eigenvalue weighted by atomic mass is 9.83. The van der Waals surface area contributed by atoms with Gasteiger partial charge in [0.25, 0.3) is 0 Å². The number of carbonyl (C=O) groups is 1. The van der Waals surface area contributed by atoms with Crippen LogP contribution >= 0.6 is 0 Å². The van der Waals surface area contributed by atoms with E-state index in [1.807, 2.05) is 12.1 Å². The van der Waals surface area contributed by atoms with Crippen molar-refractivity contribution in [3.05, 3.63) is 29.3 Å². The molecule has 0 saturated heterocycles. The lowest BCUT2D eigenvalue weighted by Crippen LogP contribution is -2.36. The van der Waals surface area contributed by atoms with Crippen LogP contribution < -0.4 is 4.74 Å². The Morgan fingerprint density at radius 1 is 1.53 bits per heavy atom. The fourth-order valence-electron chi connectivity index (χ4n) is 2.42. The van der Waals surface area contributed by atoms with Crippen molar-refractivity contribution in [2.45, 2.75) is 25.4 Å². The molecule has 0 fully saturated rings. The first-order chi connectivity index (χ1) is 7.99. The summed E-state index contributed by atoms with van der Waals surface area (Å²) in [7, 11) is 1.55. The number of aryl methyl sites for hydroxylation is 1. The summed E-state index contributed by atoms with van der Waals surface area (Å²) in [6.07, 6.45) is 1.15. The largest absolute Gasteiger partial charge is 0.497 e. The number of aliphatic carboxylic acids is 1. The fourth-order valence-corrected chi connectivity index (χ4v) is 2.42. The van der Waals surface area contributed by atoms with Gasteiger partial charge < -0.3 is 14.9 Å². The molecule has 1 aromatic rings. The van der Waals surface area contributed by atoms with Gasteiger partial charge in [0, 0.05) is 0 Å². The number of ether oxygens (including phenoxy) is 1. The van der Waals surface area contributed by atoms with E-state index >= 15 is 0 Å². The molecule has 0 radical (unpaired) electrons. The van der Waals surface area contributed by atoms with E-state index in [4.69, 9.17) is 9.84 Å². The maximum absolute atomic E-state index is 11.1. The molecule has 0 bridgehead atoms. The number of hydrogen-bond acceptors (Lipinski definition) is 3. The fraction of sp³-hybridized carbons (Fsp3) is 0.462. The summed E-state index contributed by atoms with van der Waals surface area (Å²) < 4.78 is 5.11. The molecule has 0 aliphatic heterocycles. The van der Waals surface area contributed by atoms with Gasteiger partial charge in [-0.1, -0.05) is 6.07 Å². The molecule has 1 aromatic carbocycles. The molecule has 1 aliphatic carbocycles. The van der Waals surface area contributed by atoms with Crippen LogP contribution in [0.15, 0.2) is 18.2 Å². The number of carboxylic acids is 1. The Bertz CT molecular complexity index is 455. The van der Waals surface area contributed by atoms with Gasteiger partial charge in [0.1, 0.15) is 11.4 Å². The average Bonchev–Trinajstić information content (AvgIpc) is 2.66. The zero-order chi connectivity index (χ0) is 12.6. The highest BCUT2D eigenvalue weighted by Gasteiger charge is 2.44. The van der Waals surface area contributed by atoms with Crippen LogP contribution in [0.1, 0.15) is 24.5 Å². The maximum Gasteiger partial charge on any atom is 0.309 e. The van der Waals surface area contributed by atoms with Crippen molar-refractivity contribution in [1.82, 2.24) is 0 Å². The van der Waals surface area contributed by atoms with Crippen LogP contribution in [0.25, 0.3) is 0 Å². The van der Waals surface area contributed by atoms with Crippen LogP contribution in [-0.2, 0) is 16.8 Å². The molecule has 0 aromatic heterocycles. The second-order valence-electron chi connectivity index (χ2n) is 4.51. The minimum atomic E-state index is -1.28. The first kappa shape index (κ1) is 11.9. The van der Waals surface area contributed by atoms with Gasteiger partial charge in [-0.05, 0) is 43.0 Å². The van der Waals surface area contributed by atoms with E-state index in [1.165, 1.54) is 6.92 Å². The molecule has 17 heavy (non-hydrogen) atoms. The molecular formula is C13H16O4. The van der Waals surface area contributed by atoms with Crippen LogP contribution in [0.4, 0.5) is 0 Å². The number of rotatable bonds is 3. The molecule has 0 saturated carbocycles. The third kappa shape index (κ3) is 1.78. The molecule has 2 unspecified atom stereocenters. The second-order valence-corrected chi connectivity index (χ2v) is 4.51. The number of carboxylic acid groups (broad SMARTS) is 1. The Hall–Kier alpha value is -1.55. The summed E-state index contributed by atoms with van der Waals surface area (Å²) in [5, 5.41) is 19.6. The minimum absolute atomic E-state index is 0.447. The van der Waals surface area contributed by atoms with Crippen LogP contribution in [0.2, 0.25) is 0 Å². The third-order valence-corrected chi connectivity index (χ3v) is 3.65. The van der Waals surface area contributed by atoms with E-state index in [2.05, 4.69) is 0 Å². The van der Waals surface area contributed by atoms with Crippen molar-refractivity contribution in [3.63, 3.8) is 0 Å². The maximum atomic E-state index is 11.1. The van der Waals surface area contributed by atoms with Gasteiger partial charge in [0.15, 0.2) is 0 Å². The van der Waals surface area contributed by atoms with Crippen molar-refractivity contribution in [1.29, 1.82) is 0 Å². The highest BCUT2D eigenvalue weighted by molar-refractivity contribution is 5.72. The summed E-state index contributed by atoms with van der Waals surface area (Å²) in [5.41, 5.74) is 0.406. The quantitative estimate of drug-likeness (QED) is 0.835. The molecule has 92 valence electrons. The Balaban J connectivity index is 2.47. The van der Waals surface area contributed by atoms with Gasteiger partial charge in [-0.2, -0.15) is 0 Å². The SMILES string of the molecule is COc1ccc2c(c1)C(O)(C(C)C(=O)O)CC2. The molecule has 2 N–H and O–H groups in total. The van der Waals surface area contributed by atoms with Crippen molar-refractivity contribution in [2.75, 3.05) is 7.11 Å². The number of benzene rings is 1. The lowest BCUT2D eigenvalue weighted by molar-refractivity contribution is -0.151. The molecule has 4 heteroatoms. The Morgan fingerprint density at radius 3 is 2.82 bits per heavy atom. The van der Waals surface area contributed by atoms with Gasteiger partial charge in [0.05, 0.1) is 13.0 Å². The van der Waals surface area contributed by atoms with E-state index in [0.29, 0.717) is 24.2 Å². The molecule has 4 nitrogen and oxygen atoms in total. The number of methoxy groups -OCH3 is 1. The normalized spacial score (nSPS) is 24.2. The van der Waals surface area contributed by atoms with Gasteiger partial charge in [-0.25, -0.2) is 0 Å². The monoisotopic (exact) mass is 236 g/mol. The van der Waals surface area contributed by atoms with E-state index in [9.17, 15) is 9.90 Å². The van der Waals surface area contributed by atoms with Crippen LogP contribution in [0.5, 0.6) is 5.75 Å². The third-order valence-electron chi connectivity index (χ3n) is 3.65. The minimum Gasteiger partial charge on any atom is -0.497 e. The van der Waals surface area contributed by atoms with Gasteiger partial charge in [-0.3, -0.25) is 4.79 Å². The van der Waals surface area contributed by atoms with Gasteiger partial charge in [0.2, 0.25) is 0 Å². The van der Waals surface area contributed by atoms with Crippen LogP contribution in [-0.4, -0.2) is 23.3 Å². The number of fused-ring (bicyclic) bond motifs is 1. The van der Waals surface area contributed by atoms with E-state index in [0.717, 1.165) is 5.56 Å². The Morgan fingerprint density at radius 2 is 2.24 bits per heavy atom. The molecule has 0 amide bonds. The average molecular weight is 236 g/mol. The number of aliphatic hydroxyl groups is 1. The van der Waals surface area contributed by atoms with E-state index in [1.54, 1.807) is 13.2 Å². The summed E-state index contributed by atoms with van der Waals surface area (Å²) in [4.78, 5) is 11.1. The highest BCUT2D eigenvalue weighted by atomic mass is 16.5. The molecule has 1 aliphatic rings. The first-order valence-corrected chi connectivity index (χ1v) is 5.61. The predicted octanol–water partition coefficient (Wildman–Crippen LogP) is 1.55. The summed E-state index contributed by atoms with van der Waals surface area (Å²) in [6, 6.07) is 5.46. The first-order valence-electron chi connectivity index (χ1n) is 5.61. The lowest BCUT2D eigenvalue weighted by Gasteiger charge is -2.28. The van der Waals surface area contributed by atoms with Gasteiger partial charge >= 0.3 is 5.97 Å². The Labute approximate surface area is 99.8 Å². The summed E-state index contributed by atoms with van der Waals surface area (Å²) in [5.74, 6) is -1.17. The number of hydrogen-bond donors (Lipinski definition) is 2. The smallest absolute Gasteiger partial charge is 0.309 e. The predicted molar refractivity (Wildman–Crippen MR) is 62.0 cm³/mol. The molecular weight excluding hydrogens is 220 g/mol. The highest BCUT2D eigenvalue weighted by Crippen LogP contribution is 2.43. The zero-order valence-corrected chi connectivity index (χ0v) is 9.93. The Kier molecular flexibility index (Phi) is 2.83. The van der Waals surface area contributed by atoms with Crippen LogP contribution in [0, 0.1) is 5.92 Å². The van der Waals surface area contributed by atoms with E-state index in [-0.39, 0.29) is 0 Å². The van der Waals surface area contributed by atoms with Gasteiger partial charge in [-0.15, -0.1) is 0 Å². The summed E-state index contributed by atoms with van der Waals surface area (Å²) in [6.45, 7) is 1.54. The van der Waals surface area contributed by atoms with Crippen molar-refractivity contribution in [3.8, 4) is 5.75 Å². The van der Waals surface area contributed by atoms with Crippen LogP contribution in [0.3, 0.4) is 0 Å². The molecule has 2 rings (SSSR count). The molecule has 0 spiro atoms. The van der Waals surface area contributed by atoms with Crippen molar-refractivity contribution >= 4 is 5.97 Å². The summed E-state index contributed by atoms with van der Waals surface area (Å²) >= 11 is 0. The molecule has 2 atom stereocenters. The van der Waals surface area contributed by atoms with E-state index < -0.39 is 17.5 Å². The van der Waals surface area contributed by atoms with Crippen molar-refractivity contribution in [2.24, 2.45) is 5.92 Å². The standard InChI is InChI=1S/C13H16O4/c1-8(12(14)15)13(16)6-5-9-3-4-10(17-2)7-11(9)13/h3-4,7-8,16H,5-6H2,1-2H3,(H,14,15). The van der Waals surface area contributed by atoms with Crippen molar-refractivity contribution < 1.29 is 19.7 Å². The topological polar surface area (TPSA) is 66.8 Å². The molecule has 0 heterocycles.